The predicted octanol–water partition coefficient (Wildman–Crippen LogP) is 2.28. The molecular formula is C17H19N3O3. The highest BCUT2D eigenvalue weighted by molar-refractivity contribution is 5.96. The third-order valence-corrected chi connectivity index (χ3v) is 3.91. The van der Waals surface area contributed by atoms with Gasteiger partial charge in [0.1, 0.15) is 17.1 Å². The average Bonchev–Trinajstić information content (AvgIpc) is 3.26. The Morgan fingerprint density at radius 1 is 1.09 bits per heavy atom. The first-order valence-electron chi connectivity index (χ1n) is 7.81. The maximum atomic E-state index is 12.2. The molecular weight excluding hydrogens is 294 g/mol. The lowest BCUT2D eigenvalue weighted by Crippen LogP contribution is -2.33. The first-order valence-corrected chi connectivity index (χ1v) is 7.81. The molecule has 23 heavy (non-hydrogen) atoms. The Bertz CT molecular complexity index is 676. The van der Waals surface area contributed by atoms with E-state index in [4.69, 9.17) is 4.42 Å². The van der Waals surface area contributed by atoms with Crippen LogP contribution in [0, 0.1) is 0 Å². The van der Waals surface area contributed by atoms with Crippen LogP contribution < -0.4 is 10.6 Å². The summed E-state index contributed by atoms with van der Waals surface area (Å²) in [4.78, 5) is 28.5. The highest BCUT2D eigenvalue weighted by atomic mass is 16.3. The zero-order chi connectivity index (χ0) is 16.1. The molecule has 0 spiro atoms. The number of pyridine rings is 1. The minimum Gasteiger partial charge on any atom is -0.467 e. The summed E-state index contributed by atoms with van der Waals surface area (Å²) in [5.74, 6) is 0.1000. The summed E-state index contributed by atoms with van der Waals surface area (Å²) >= 11 is 0. The Morgan fingerprint density at radius 3 is 2.52 bits per heavy atom. The summed E-state index contributed by atoms with van der Waals surface area (Å²) in [7, 11) is 0. The first kappa shape index (κ1) is 15.3. The summed E-state index contributed by atoms with van der Waals surface area (Å²) in [6, 6.07) is 8.63. The van der Waals surface area contributed by atoms with E-state index in [0.29, 0.717) is 5.76 Å². The van der Waals surface area contributed by atoms with Crippen molar-refractivity contribution < 1.29 is 14.0 Å². The molecule has 120 valence electrons. The third-order valence-electron chi connectivity index (χ3n) is 3.91. The molecule has 1 aliphatic rings. The highest BCUT2D eigenvalue weighted by Crippen LogP contribution is 2.18. The second kappa shape index (κ2) is 7.09. The molecule has 2 amide bonds. The molecule has 0 atom stereocenters. The van der Waals surface area contributed by atoms with Gasteiger partial charge in [-0.15, -0.1) is 0 Å². The lowest BCUT2D eigenvalue weighted by Gasteiger charge is -2.11. The maximum Gasteiger partial charge on any atom is 0.270 e. The average molecular weight is 313 g/mol. The Kier molecular flexibility index (Phi) is 4.71. The molecule has 6 nitrogen and oxygen atoms in total. The molecule has 6 heteroatoms. The molecule has 1 aliphatic carbocycles. The molecule has 2 heterocycles. The quantitative estimate of drug-likeness (QED) is 0.887. The third kappa shape index (κ3) is 3.97. The Labute approximate surface area is 134 Å². The van der Waals surface area contributed by atoms with Crippen LogP contribution in [0.5, 0.6) is 0 Å². The van der Waals surface area contributed by atoms with E-state index >= 15 is 0 Å². The van der Waals surface area contributed by atoms with Crippen molar-refractivity contribution >= 4 is 11.8 Å². The Balaban J connectivity index is 1.61. The highest BCUT2D eigenvalue weighted by Gasteiger charge is 2.19. The van der Waals surface area contributed by atoms with Crippen molar-refractivity contribution in [2.45, 2.75) is 38.3 Å². The van der Waals surface area contributed by atoms with E-state index in [1.54, 1.807) is 36.6 Å². The van der Waals surface area contributed by atoms with Gasteiger partial charge in [-0.2, -0.15) is 0 Å². The standard InChI is InChI=1S/C17H19N3O3/c21-16(18-11-13-7-4-10-23-13)14-8-3-9-15(20-14)17(22)19-12-5-1-2-6-12/h3-4,7-10,12H,1-2,5-6,11H2,(H,18,21)(H,19,22). The second-order valence-corrected chi connectivity index (χ2v) is 5.62. The maximum absolute atomic E-state index is 12.2. The largest absolute Gasteiger partial charge is 0.467 e. The van der Waals surface area contributed by atoms with E-state index in [-0.39, 0.29) is 35.8 Å². The van der Waals surface area contributed by atoms with Crippen LogP contribution in [0.2, 0.25) is 0 Å². The molecule has 0 radical (unpaired) electrons. The number of nitrogens with one attached hydrogen (secondary N) is 2. The van der Waals surface area contributed by atoms with Gasteiger partial charge in [0.2, 0.25) is 0 Å². The van der Waals surface area contributed by atoms with Gasteiger partial charge in [0.05, 0.1) is 12.8 Å². The van der Waals surface area contributed by atoms with Crippen LogP contribution in [0.15, 0.2) is 41.0 Å². The van der Waals surface area contributed by atoms with Crippen molar-refractivity contribution in [2.75, 3.05) is 0 Å². The molecule has 1 fully saturated rings. The molecule has 2 aromatic heterocycles. The Morgan fingerprint density at radius 2 is 1.83 bits per heavy atom. The molecule has 2 N–H and O–H groups in total. The van der Waals surface area contributed by atoms with Gasteiger partial charge in [-0.1, -0.05) is 18.9 Å². The number of furan rings is 1. The first-order chi connectivity index (χ1) is 11.2. The van der Waals surface area contributed by atoms with Gasteiger partial charge >= 0.3 is 0 Å². The van der Waals surface area contributed by atoms with Crippen molar-refractivity contribution in [3.8, 4) is 0 Å². The van der Waals surface area contributed by atoms with Crippen molar-refractivity contribution in [3.63, 3.8) is 0 Å². The van der Waals surface area contributed by atoms with Crippen molar-refractivity contribution in [3.05, 3.63) is 53.7 Å². The van der Waals surface area contributed by atoms with Crippen molar-refractivity contribution in [1.29, 1.82) is 0 Å². The van der Waals surface area contributed by atoms with Crippen LogP contribution >= 0.6 is 0 Å². The van der Waals surface area contributed by atoms with Crippen LogP contribution in [0.4, 0.5) is 0 Å². The normalized spacial score (nSPS) is 14.6. The summed E-state index contributed by atoms with van der Waals surface area (Å²) in [5.41, 5.74) is 0.484. The van der Waals surface area contributed by atoms with Gasteiger partial charge in [0, 0.05) is 6.04 Å². The molecule has 2 aromatic rings. The zero-order valence-electron chi connectivity index (χ0n) is 12.7. The van der Waals surface area contributed by atoms with E-state index in [0.717, 1.165) is 25.7 Å². The number of hydrogen-bond acceptors (Lipinski definition) is 4. The molecule has 0 saturated heterocycles. The molecule has 0 aliphatic heterocycles. The van der Waals surface area contributed by atoms with E-state index in [1.165, 1.54) is 0 Å². The summed E-state index contributed by atoms with van der Waals surface area (Å²) < 4.78 is 5.16. The van der Waals surface area contributed by atoms with Gasteiger partial charge < -0.3 is 15.1 Å². The van der Waals surface area contributed by atoms with Gasteiger partial charge in [-0.25, -0.2) is 4.98 Å². The van der Waals surface area contributed by atoms with Crippen LogP contribution in [-0.2, 0) is 6.54 Å². The van der Waals surface area contributed by atoms with Gasteiger partial charge in [0.25, 0.3) is 11.8 Å². The number of hydrogen-bond donors (Lipinski definition) is 2. The molecule has 0 bridgehead atoms. The Hall–Kier alpha value is -2.63. The number of carbonyl (C=O) groups is 2. The summed E-state index contributed by atoms with van der Waals surface area (Å²) in [6.45, 7) is 0.284. The van der Waals surface area contributed by atoms with E-state index in [2.05, 4.69) is 15.6 Å². The van der Waals surface area contributed by atoms with Crippen LogP contribution in [-0.4, -0.2) is 22.8 Å². The smallest absolute Gasteiger partial charge is 0.270 e. The minimum atomic E-state index is -0.336. The lowest BCUT2D eigenvalue weighted by atomic mass is 10.2. The number of carbonyl (C=O) groups excluding carboxylic acids is 2. The van der Waals surface area contributed by atoms with Gasteiger partial charge in [-0.05, 0) is 37.1 Å². The lowest BCUT2D eigenvalue weighted by molar-refractivity contribution is 0.0931. The van der Waals surface area contributed by atoms with E-state index < -0.39 is 0 Å². The summed E-state index contributed by atoms with van der Waals surface area (Å²) in [5, 5.41) is 5.68. The van der Waals surface area contributed by atoms with Crippen LogP contribution in [0.1, 0.15) is 52.4 Å². The van der Waals surface area contributed by atoms with Crippen LogP contribution in [0.25, 0.3) is 0 Å². The van der Waals surface area contributed by atoms with Crippen molar-refractivity contribution in [2.24, 2.45) is 0 Å². The number of rotatable bonds is 5. The number of aromatic nitrogens is 1. The SMILES string of the molecule is O=C(NCc1ccco1)c1cccc(C(=O)NC2CCCC2)n1. The van der Waals surface area contributed by atoms with Crippen molar-refractivity contribution in [1.82, 2.24) is 15.6 Å². The number of amides is 2. The summed E-state index contributed by atoms with van der Waals surface area (Å²) in [6.07, 6.45) is 5.86. The molecule has 3 rings (SSSR count). The minimum absolute atomic E-state index is 0.218. The van der Waals surface area contributed by atoms with E-state index in [9.17, 15) is 9.59 Å². The van der Waals surface area contributed by atoms with Gasteiger partial charge in [-0.3, -0.25) is 9.59 Å². The monoisotopic (exact) mass is 313 g/mol. The van der Waals surface area contributed by atoms with Crippen LogP contribution in [0.3, 0.4) is 0 Å². The van der Waals surface area contributed by atoms with E-state index in [1.807, 2.05) is 0 Å². The molecule has 1 saturated carbocycles. The fourth-order valence-electron chi connectivity index (χ4n) is 2.69. The fraction of sp³-hybridized carbons (Fsp3) is 0.353. The zero-order valence-corrected chi connectivity index (χ0v) is 12.7. The molecule has 0 unspecified atom stereocenters. The topological polar surface area (TPSA) is 84.2 Å². The predicted molar refractivity (Wildman–Crippen MR) is 83.8 cm³/mol. The van der Waals surface area contributed by atoms with Gasteiger partial charge in [0.15, 0.2) is 0 Å². The second-order valence-electron chi connectivity index (χ2n) is 5.62. The molecule has 0 aromatic carbocycles. The fourth-order valence-corrected chi connectivity index (χ4v) is 2.69. The number of nitrogens with zero attached hydrogens (tertiary/aromatic N) is 1.